The lowest BCUT2D eigenvalue weighted by Crippen LogP contribution is -2.24. The SMILES string of the molecule is O=C(O)C1CCC(C(=O)OC(=O)C2CCC(C(=O)O)C2)C1. The van der Waals surface area contributed by atoms with Gasteiger partial charge >= 0.3 is 23.9 Å². The van der Waals surface area contributed by atoms with Gasteiger partial charge in [-0.2, -0.15) is 0 Å². The molecule has 21 heavy (non-hydrogen) atoms. The summed E-state index contributed by atoms with van der Waals surface area (Å²) in [6, 6.07) is 0. The minimum absolute atomic E-state index is 0.198. The number of carbonyl (C=O) groups is 4. The average molecular weight is 298 g/mol. The van der Waals surface area contributed by atoms with Gasteiger partial charge in [-0.05, 0) is 38.5 Å². The smallest absolute Gasteiger partial charge is 0.316 e. The van der Waals surface area contributed by atoms with E-state index in [0.717, 1.165) is 0 Å². The summed E-state index contributed by atoms with van der Waals surface area (Å²) in [6.45, 7) is 0. The number of esters is 2. The highest BCUT2D eigenvalue weighted by Gasteiger charge is 2.39. The van der Waals surface area contributed by atoms with Gasteiger partial charge in [-0.3, -0.25) is 19.2 Å². The summed E-state index contributed by atoms with van der Waals surface area (Å²) in [7, 11) is 0. The van der Waals surface area contributed by atoms with Gasteiger partial charge in [0.1, 0.15) is 0 Å². The van der Waals surface area contributed by atoms with Crippen molar-refractivity contribution in [3.63, 3.8) is 0 Å². The summed E-state index contributed by atoms with van der Waals surface area (Å²) >= 11 is 0. The van der Waals surface area contributed by atoms with Gasteiger partial charge in [0.25, 0.3) is 0 Å². The van der Waals surface area contributed by atoms with E-state index < -0.39 is 47.5 Å². The molecule has 0 saturated heterocycles. The molecule has 0 spiro atoms. The lowest BCUT2D eigenvalue weighted by molar-refractivity contribution is -0.165. The highest BCUT2D eigenvalue weighted by Crippen LogP contribution is 2.34. The maximum atomic E-state index is 11.8. The van der Waals surface area contributed by atoms with Crippen LogP contribution in [0.15, 0.2) is 0 Å². The zero-order valence-electron chi connectivity index (χ0n) is 11.5. The van der Waals surface area contributed by atoms with E-state index in [1.165, 1.54) is 0 Å². The molecule has 2 rings (SSSR count). The average Bonchev–Trinajstić information content (AvgIpc) is 3.08. The van der Waals surface area contributed by atoms with Gasteiger partial charge in [0.05, 0.1) is 23.7 Å². The Bertz CT molecular complexity index is 428. The number of carbonyl (C=O) groups excluding carboxylic acids is 2. The second-order valence-corrected chi connectivity index (χ2v) is 5.83. The zero-order valence-corrected chi connectivity index (χ0v) is 11.5. The summed E-state index contributed by atoms with van der Waals surface area (Å²) in [4.78, 5) is 45.3. The second kappa shape index (κ2) is 6.24. The third-order valence-electron chi connectivity index (χ3n) is 4.43. The number of aliphatic carboxylic acids is 2. The largest absolute Gasteiger partial charge is 0.481 e. The normalized spacial score (nSPS) is 31.8. The van der Waals surface area contributed by atoms with Crippen molar-refractivity contribution in [1.29, 1.82) is 0 Å². The minimum atomic E-state index is -0.934. The molecule has 2 N–H and O–H groups in total. The van der Waals surface area contributed by atoms with Crippen LogP contribution in [-0.4, -0.2) is 34.1 Å². The summed E-state index contributed by atoms with van der Waals surface area (Å²) in [5, 5.41) is 17.7. The third-order valence-corrected chi connectivity index (χ3v) is 4.43. The molecule has 7 nitrogen and oxygen atoms in total. The summed E-state index contributed by atoms with van der Waals surface area (Å²) < 4.78 is 4.81. The van der Waals surface area contributed by atoms with Crippen LogP contribution in [0.1, 0.15) is 38.5 Å². The molecule has 0 aromatic carbocycles. The molecular weight excluding hydrogens is 280 g/mol. The van der Waals surface area contributed by atoms with Crippen LogP contribution >= 0.6 is 0 Å². The molecule has 2 aliphatic rings. The first-order valence-electron chi connectivity index (χ1n) is 7.09. The van der Waals surface area contributed by atoms with Gasteiger partial charge in [-0.25, -0.2) is 0 Å². The lowest BCUT2D eigenvalue weighted by Gasteiger charge is -2.12. The zero-order chi connectivity index (χ0) is 15.6. The lowest BCUT2D eigenvalue weighted by atomic mass is 10.0. The topological polar surface area (TPSA) is 118 Å². The molecule has 0 aromatic rings. The third kappa shape index (κ3) is 3.59. The van der Waals surface area contributed by atoms with Crippen LogP contribution in [0.5, 0.6) is 0 Å². The Morgan fingerprint density at radius 2 is 1.00 bits per heavy atom. The quantitative estimate of drug-likeness (QED) is 0.588. The van der Waals surface area contributed by atoms with Gasteiger partial charge in [0, 0.05) is 0 Å². The maximum Gasteiger partial charge on any atom is 0.316 e. The summed E-state index contributed by atoms with van der Waals surface area (Å²) in [5.41, 5.74) is 0. The van der Waals surface area contributed by atoms with Crippen molar-refractivity contribution >= 4 is 23.9 Å². The number of hydrogen-bond acceptors (Lipinski definition) is 5. The molecule has 0 bridgehead atoms. The van der Waals surface area contributed by atoms with Crippen molar-refractivity contribution in [2.24, 2.45) is 23.7 Å². The van der Waals surface area contributed by atoms with Crippen molar-refractivity contribution < 1.29 is 34.1 Å². The predicted octanol–water partition coefficient (Wildman–Crippen LogP) is 1.06. The molecule has 0 aliphatic heterocycles. The minimum Gasteiger partial charge on any atom is -0.481 e. The highest BCUT2D eigenvalue weighted by molar-refractivity contribution is 5.89. The van der Waals surface area contributed by atoms with E-state index in [2.05, 4.69) is 0 Å². The molecule has 0 heterocycles. The van der Waals surface area contributed by atoms with Crippen LogP contribution in [0.3, 0.4) is 0 Å². The Kier molecular flexibility index (Phi) is 4.59. The van der Waals surface area contributed by atoms with E-state index in [9.17, 15) is 19.2 Å². The van der Waals surface area contributed by atoms with Crippen molar-refractivity contribution in [2.45, 2.75) is 38.5 Å². The van der Waals surface area contributed by atoms with Gasteiger partial charge in [0.2, 0.25) is 0 Å². The fourth-order valence-electron chi connectivity index (χ4n) is 3.11. The first kappa shape index (κ1) is 15.5. The van der Waals surface area contributed by atoms with Crippen LogP contribution in [0.25, 0.3) is 0 Å². The number of carboxylic acid groups (broad SMARTS) is 2. The van der Waals surface area contributed by atoms with Crippen LogP contribution in [0.4, 0.5) is 0 Å². The van der Waals surface area contributed by atoms with Gasteiger partial charge < -0.3 is 14.9 Å². The number of hydrogen-bond donors (Lipinski definition) is 2. The maximum absolute atomic E-state index is 11.8. The molecule has 7 heteroatoms. The number of rotatable bonds is 4. The molecule has 4 atom stereocenters. The molecule has 116 valence electrons. The molecule has 2 saturated carbocycles. The van der Waals surface area contributed by atoms with E-state index >= 15 is 0 Å². The van der Waals surface area contributed by atoms with Crippen molar-refractivity contribution in [3.8, 4) is 0 Å². The molecule has 4 unspecified atom stereocenters. The summed E-state index contributed by atoms with van der Waals surface area (Å²) in [6.07, 6.45) is 2.03. The van der Waals surface area contributed by atoms with E-state index in [1.54, 1.807) is 0 Å². The van der Waals surface area contributed by atoms with Crippen molar-refractivity contribution in [1.82, 2.24) is 0 Å². The van der Waals surface area contributed by atoms with Crippen LogP contribution in [0.2, 0.25) is 0 Å². The van der Waals surface area contributed by atoms with Crippen LogP contribution in [0, 0.1) is 23.7 Å². The molecule has 2 aliphatic carbocycles. The van der Waals surface area contributed by atoms with Crippen molar-refractivity contribution in [2.75, 3.05) is 0 Å². The molecule has 0 radical (unpaired) electrons. The highest BCUT2D eigenvalue weighted by atomic mass is 16.6. The van der Waals surface area contributed by atoms with Crippen LogP contribution < -0.4 is 0 Å². The predicted molar refractivity (Wildman–Crippen MR) is 68.0 cm³/mol. The Morgan fingerprint density at radius 3 is 1.29 bits per heavy atom. The fraction of sp³-hybridized carbons (Fsp3) is 0.714. The number of ether oxygens (including phenoxy) is 1. The van der Waals surface area contributed by atoms with E-state index in [1.807, 2.05) is 0 Å². The second-order valence-electron chi connectivity index (χ2n) is 5.83. The Hall–Kier alpha value is -1.92. The first-order valence-corrected chi connectivity index (χ1v) is 7.09. The van der Waals surface area contributed by atoms with Gasteiger partial charge in [-0.15, -0.1) is 0 Å². The van der Waals surface area contributed by atoms with Crippen LogP contribution in [-0.2, 0) is 23.9 Å². The van der Waals surface area contributed by atoms with E-state index in [-0.39, 0.29) is 12.8 Å². The van der Waals surface area contributed by atoms with Gasteiger partial charge in [0.15, 0.2) is 0 Å². The monoisotopic (exact) mass is 298 g/mol. The first-order chi connectivity index (χ1) is 9.88. The van der Waals surface area contributed by atoms with E-state index in [4.69, 9.17) is 14.9 Å². The Labute approximate surface area is 121 Å². The van der Waals surface area contributed by atoms with E-state index in [0.29, 0.717) is 25.7 Å². The molecule has 2 fully saturated rings. The van der Waals surface area contributed by atoms with Gasteiger partial charge in [-0.1, -0.05) is 0 Å². The Morgan fingerprint density at radius 1 is 0.667 bits per heavy atom. The fourth-order valence-corrected chi connectivity index (χ4v) is 3.11. The molecular formula is C14H18O7. The summed E-state index contributed by atoms with van der Waals surface area (Å²) in [5.74, 6) is -5.43. The molecule has 0 amide bonds. The Balaban J connectivity index is 1.82. The number of carboxylic acids is 2. The molecule has 0 aromatic heterocycles. The van der Waals surface area contributed by atoms with Crippen molar-refractivity contribution in [3.05, 3.63) is 0 Å². The standard InChI is InChI=1S/C14H18O7/c15-11(16)7-1-3-9(5-7)13(19)21-14(20)10-4-2-8(6-10)12(17)18/h7-10H,1-6H2,(H,15,16)(H,17,18).